The maximum atomic E-state index is 11.7. The van der Waals surface area contributed by atoms with Crippen LogP contribution in [0.5, 0.6) is 0 Å². The largest absolute Gasteiger partial charge is 0.294 e. The summed E-state index contributed by atoms with van der Waals surface area (Å²) >= 11 is 1.66. The second-order valence-corrected chi connectivity index (χ2v) is 8.04. The number of hydrogen-bond donors (Lipinski definition) is 0. The van der Waals surface area contributed by atoms with Gasteiger partial charge in [0.1, 0.15) is 0 Å². The van der Waals surface area contributed by atoms with Gasteiger partial charge in [0.05, 0.1) is 8.47 Å². The third kappa shape index (κ3) is 2.25. The molecule has 2 aliphatic carbocycles. The van der Waals surface area contributed by atoms with E-state index >= 15 is 0 Å². The number of thioether (sulfide) groups is 1. The van der Waals surface area contributed by atoms with Crippen molar-refractivity contribution < 1.29 is 9.59 Å². The van der Waals surface area contributed by atoms with E-state index in [1.807, 2.05) is 0 Å². The number of carbonyl (C=O) groups excluding carboxylic acids is 2. The zero-order chi connectivity index (χ0) is 11.8. The van der Waals surface area contributed by atoms with Gasteiger partial charge in [-0.3, -0.25) is 9.59 Å². The van der Waals surface area contributed by atoms with Crippen molar-refractivity contribution in [2.45, 2.75) is 38.5 Å². The zero-order valence-electron chi connectivity index (χ0n) is 9.28. The molecule has 3 fully saturated rings. The molecule has 1 aliphatic heterocycles. The molecule has 0 aromatic carbocycles. The lowest BCUT2D eigenvalue weighted by Gasteiger charge is -1.99. The maximum absolute atomic E-state index is 11.7. The first-order valence-corrected chi connectivity index (χ1v) is 8.77. The van der Waals surface area contributed by atoms with Crippen LogP contribution in [0.3, 0.4) is 0 Å². The van der Waals surface area contributed by atoms with E-state index in [4.69, 9.17) is 0 Å². The zero-order valence-corrected chi connectivity index (χ0v) is 11.7. The van der Waals surface area contributed by atoms with Crippen molar-refractivity contribution in [3.8, 4) is 0 Å². The van der Waals surface area contributed by atoms with Gasteiger partial charge in [0.25, 0.3) is 0 Å². The molecule has 2 saturated carbocycles. The van der Waals surface area contributed by atoms with Crippen LogP contribution >= 0.6 is 33.3 Å². The van der Waals surface area contributed by atoms with Crippen molar-refractivity contribution in [1.29, 1.82) is 0 Å². The molecule has 1 saturated heterocycles. The summed E-state index contributed by atoms with van der Waals surface area (Å²) in [6, 6.07) is 0. The molecular formula is C12H12O2S3. The van der Waals surface area contributed by atoms with Crippen LogP contribution in [-0.4, -0.2) is 11.6 Å². The highest BCUT2D eigenvalue weighted by molar-refractivity contribution is 8.86. The van der Waals surface area contributed by atoms with E-state index in [0.29, 0.717) is 24.4 Å². The number of Topliss-reactive ketones (excluding diaryl/α,β-unsaturated/α-hetero) is 2. The first-order chi connectivity index (χ1) is 8.25. The first kappa shape index (κ1) is 11.9. The Morgan fingerprint density at radius 3 is 1.53 bits per heavy atom. The monoisotopic (exact) mass is 284 g/mol. The Balaban J connectivity index is 1.87. The van der Waals surface area contributed by atoms with Gasteiger partial charge in [-0.15, -0.1) is 0 Å². The van der Waals surface area contributed by atoms with Gasteiger partial charge in [-0.2, -0.15) is 0 Å². The van der Waals surface area contributed by atoms with Gasteiger partial charge in [-0.1, -0.05) is 11.8 Å². The number of ketones is 2. The van der Waals surface area contributed by atoms with Crippen LogP contribution in [-0.2, 0) is 9.59 Å². The fourth-order valence-corrected chi connectivity index (χ4v) is 7.13. The molecule has 3 aliphatic rings. The predicted molar refractivity (Wildman–Crippen MR) is 74.5 cm³/mol. The summed E-state index contributed by atoms with van der Waals surface area (Å²) < 4.78 is 2.28. The molecule has 3 rings (SSSR count). The lowest BCUT2D eigenvalue weighted by Crippen LogP contribution is -1.93. The minimum atomic E-state index is 0.310. The van der Waals surface area contributed by atoms with Crippen LogP contribution in [0.1, 0.15) is 38.5 Å². The fourth-order valence-electron chi connectivity index (χ4n) is 2.28. The van der Waals surface area contributed by atoms with Crippen molar-refractivity contribution in [2.75, 3.05) is 0 Å². The molecule has 0 atom stereocenters. The minimum Gasteiger partial charge on any atom is -0.294 e. The summed E-state index contributed by atoms with van der Waals surface area (Å²) in [6.07, 6.45) is 5.24. The van der Waals surface area contributed by atoms with Crippen LogP contribution < -0.4 is 0 Å². The normalized spacial score (nSPS) is 34.1. The van der Waals surface area contributed by atoms with Crippen molar-refractivity contribution in [2.24, 2.45) is 0 Å². The van der Waals surface area contributed by atoms with Gasteiger partial charge in [-0.05, 0) is 47.3 Å². The van der Waals surface area contributed by atoms with Crippen LogP contribution in [0.25, 0.3) is 0 Å². The fraction of sp³-hybridized carbons (Fsp3) is 0.500. The summed E-state index contributed by atoms with van der Waals surface area (Å²) in [4.78, 5) is 23.4. The summed E-state index contributed by atoms with van der Waals surface area (Å²) in [5, 5.41) is 0. The molecule has 17 heavy (non-hydrogen) atoms. The van der Waals surface area contributed by atoms with E-state index in [1.54, 1.807) is 33.3 Å². The van der Waals surface area contributed by atoms with Crippen molar-refractivity contribution in [3.05, 3.63) is 19.6 Å². The van der Waals surface area contributed by atoms with E-state index in [1.165, 1.54) is 0 Å². The van der Waals surface area contributed by atoms with Gasteiger partial charge < -0.3 is 0 Å². The summed E-state index contributed by atoms with van der Waals surface area (Å²) in [5.74, 6) is 0.620. The van der Waals surface area contributed by atoms with Gasteiger partial charge in [0.2, 0.25) is 0 Å². The van der Waals surface area contributed by atoms with Crippen LogP contribution in [0, 0.1) is 0 Å². The molecule has 0 N–H and O–H groups in total. The highest BCUT2D eigenvalue weighted by Gasteiger charge is 2.30. The van der Waals surface area contributed by atoms with E-state index in [-0.39, 0.29) is 0 Å². The Morgan fingerprint density at radius 1 is 0.706 bits per heavy atom. The molecule has 90 valence electrons. The second-order valence-electron chi connectivity index (χ2n) is 4.35. The molecule has 0 radical (unpaired) electrons. The SMILES string of the molecule is O=C1CCC/C1=C1\SS/C(=C2\CCCC2=O)S1. The number of carbonyl (C=O) groups is 2. The number of hydrogen-bond acceptors (Lipinski definition) is 5. The molecule has 0 unspecified atom stereocenters. The average molecular weight is 284 g/mol. The highest BCUT2D eigenvalue weighted by Crippen LogP contribution is 2.60. The Labute approximate surface area is 112 Å². The van der Waals surface area contributed by atoms with Crippen molar-refractivity contribution in [3.63, 3.8) is 0 Å². The first-order valence-electron chi connectivity index (χ1n) is 5.81. The quantitative estimate of drug-likeness (QED) is 0.495. The molecule has 0 spiro atoms. The second kappa shape index (κ2) is 4.86. The van der Waals surface area contributed by atoms with Gasteiger partial charge in [0.15, 0.2) is 11.6 Å². The van der Waals surface area contributed by atoms with E-state index in [2.05, 4.69) is 0 Å². The van der Waals surface area contributed by atoms with Crippen LogP contribution in [0.4, 0.5) is 0 Å². The Kier molecular flexibility index (Phi) is 3.41. The lowest BCUT2D eigenvalue weighted by molar-refractivity contribution is -0.115. The predicted octanol–water partition coefficient (Wildman–Crippen LogP) is 4.04. The number of rotatable bonds is 0. The maximum Gasteiger partial charge on any atom is 0.160 e. The Morgan fingerprint density at radius 2 is 1.18 bits per heavy atom. The molecule has 5 heteroatoms. The molecular weight excluding hydrogens is 272 g/mol. The highest BCUT2D eigenvalue weighted by atomic mass is 33.1. The smallest absolute Gasteiger partial charge is 0.160 e. The molecule has 0 aromatic rings. The summed E-state index contributed by atoms with van der Waals surface area (Å²) in [7, 11) is 3.34. The molecule has 0 bridgehead atoms. The third-order valence-electron chi connectivity index (χ3n) is 3.21. The number of allylic oxidation sites excluding steroid dienone is 2. The Hall–Kier alpha value is -0.130. The molecule has 0 amide bonds. The van der Waals surface area contributed by atoms with Crippen molar-refractivity contribution >= 4 is 44.9 Å². The molecule has 1 heterocycles. The minimum absolute atomic E-state index is 0.310. The lowest BCUT2D eigenvalue weighted by atomic mass is 10.2. The van der Waals surface area contributed by atoms with Gasteiger partial charge in [-0.25, -0.2) is 0 Å². The van der Waals surface area contributed by atoms with E-state index < -0.39 is 0 Å². The molecule has 0 aromatic heterocycles. The van der Waals surface area contributed by atoms with Crippen molar-refractivity contribution in [1.82, 2.24) is 0 Å². The molecule has 2 nitrogen and oxygen atoms in total. The van der Waals surface area contributed by atoms with Gasteiger partial charge >= 0.3 is 0 Å². The topological polar surface area (TPSA) is 34.1 Å². The third-order valence-corrected chi connectivity index (χ3v) is 7.83. The van der Waals surface area contributed by atoms with E-state index in [0.717, 1.165) is 45.3 Å². The summed E-state index contributed by atoms with van der Waals surface area (Å²) in [5.41, 5.74) is 2.02. The standard InChI is InChI=1S/C12H12O2S3/c13-9-5-1-3-7(9)11-15-12(17-16-11)8-4-2-6-10(8)14/h1-6H2/b11-7+,12-8+. The van der Waals surface area contributed by atoms with Gasteiger partial charge in [0, 0.05) is 24.0 Å². The van der Waals surface area contributed by atoms with Crippen LogP contribution in [0.15, 0.2) is 19.6 Å². The van der Waals surface area contributed by atoms with E-state index in [9.17, 15) is 9.59 Å². The Bertz CT molecular complexity index is 420. The average Bonchev–Trinajstić information content (AvgIpc) is 2.97. The van der Waals surface area contributed by atoms with Crippen LogP contribution in [0.2, 0.25) is 0 Å². The summed E-state index contributed by atoms with van der Waals surface area (Å²) in [6.45, 7) is 0.